The van der Waals surface area contributed by atoms with Crippen LogP contribution in [-0.2, 0) is 9.47 Å². The van der Waals surface area contributed by atoms with Crippen LogP contribution in [-0.4, -0.2) is 39.2 Å². The van der Waals surface area contributed by atoms with Gasteiger partial charge in [-0.1, -0.05) is 12.1 Å². The zero-order valence-corrected chi connectivity index (χ0v) is 15.8. The molecule has 8 nitrogen and oxygen atoms in total. The summed E-state index contributed by atoms with van der Waals surface area (Å²) >= 11 is 0. The summed E-state index contributed by atoms with van der Waals surface area (Å²) in [6.45, 7) is 4.02. The lowest BCUT2D eigenvalue weighted by molar-refractivity contribution is -0.255. The van der Waals surface area contributed by atoms with E-state index in [1.54, 1.807) is 32.0 Å². The normalized spacial score (nSPS) is 29.9. The second-order valence-corrected chi connectivity index (χ2v) is 6.30. The van der Waals surface area contributed by atoms with E-state index >= 15 is 0 Å². The smallest absolute Gasteiger partial charge is 0.293 e. The number of benzene rings is 1. The van der Waals surface area contributed by atoms with Crippen molar-refractivity contribution in [3.63, 3.8) is 0 Å². The average Bonchev–Trinajstić information content (AvgIpc) is 3.26. The van der Waals surface area contributed by atoms with Gasteiger partial charge in [0.25, 0.3) is 5.91 Å². The molecule has 142 valence electrons. The molecule has 1 aliphatic carbocycles. The second-order valence-electron chi connectivity index (χ2n) is 6.30. The summed E-state index contributed by atoms with van der Waals surface area (Å²) in [6.07, 6.45) is 0. The maximum absolute atomic E-state index is 10.2. The monoisotopic (exact) mass is 370 g/mol. The molecule has 2 aliphatic rings. The van der Waals surface area contributed by atoms with Gasteiger partial charge in [-0.2, -0.15) is 10.5 Å². The molecule has 1 aromatic carbocycles. The molecular formula is C19H22N4O4. The molecular weight excluding hydrogens is 348 g/mol. The minimum absolute atomic E-state index is 0.0309. The number of rotatable bonds is 7. The number of methoxy groups -OCH3 is 2. The zero-order valence-electron chi connectivity index (χ0n) is 15.8. The highest BCUT2D eigenvalue weighted by molar-refractivity contribution is 6.00. The largest absolute Gasteiger partial charge is 0.493 e. The third kappa shape index (κ3) is 2.00. The molecule has 1 aromatic rings. The number of aliphatic imine (C=N–C) groups is 1. The first kappa shape index (κ1) is 19.0. The summed E-state index contributed by atoms with van der Waals surface area (Å²) in [5, 5.41) is 20.3. The average molecular weight is 370 g/mol. The van der Waals surface area contributed by atoms with Gasteiger partial charge in [0.15, 0.2) is 16.9 Å². The first-order valence-corrected chi connectivity index (χ1v) is 8.67. The lowest BCUT2D eigenvalue weighted by atomic mass is 9.93. The summed E-state index contributed by atoms with van der Waals surface area (Å²) in [6, 6.07) is 9.81. The summed E-state index contributed by atoms with van der Waals surface area (Å²) in [7, 11) is 3.03. The fraction of sp³-hybridized carbons (Fsp3) is 0.526. The first-order valence-electron chi connectivity index (χ1n) is 8.67. The van der Waals surface area contributed by atoms with Crippen molar-refractivity contribution in [3.05, 3.63) is 23.8 Å². The Bertz CT molecular complexity index is 865. The molecule has 0 spiro atoms. The van der Waals surface area contributed by atoms with Crippen LogP contribution >= 0.6 is 0 Å². The number of ether oxygens (including phenoxy) is 4. The van der Waals surface area contributed by atoms with E-state index in [-0.39, 0.29) is 19.0 Å². The van der Waals surface area contributed by atoms with Gasteiger partial charge in [0.2, 0.25) is 0 Å². The number of hydrogen-bond acceptors (Lipinski definition) is 8. The highest BCUT2D eigenvalue weighted by Crippen LogP contribution is 2.82. The van der Waals surface area contributed by atoms with Crippen molar-refractivity contribution in [2.75, 3.05) is 27.4 Å². The molecule has 0 radical (unpaired) electrons. The van der Waals surface area contributed by atoms with Crippen LogP contribution in [0.5, 0.6) is 11.5 Å². The zero-order chi connectivity index (χ0) is 19.9. The van der Waals surface area contributed by atoms with E-state index in [0.717, 1.165) is 0 Å². The molecule has 8 heteroatoms. The van der Waals surface area contributed by atoms with Crippen molar-refractivity contribution in [1.82, 2.24) is 0 Å². The summed E-state index contributed by atoms with van der Waals surface area (Å²) < 4.78 is 22.5. The van der Waals surface area contributed by atoms with E-state index in [4.69, 9.17) is 24.7 Å². The predicted molar refractivity (Wildman–Crippen MR) is 96.0 cm³/mol. The second kappa shape index (κ2) is 6.41. The first-order chi connectivity index (χ1) is 13.0. The van der Waals surface area contributed by atoms with E-state index < -0.39 is 22.7 Å². The van der Waals surface area contributed by atoms with E-state index in [1.807, 2.05) is 0 Å². The topological polar surface area (TPSA) is 123 Å². The molecule has 0 unspecified atom stereocenters. The Morgan fingerprint density at radius 3 is 2.26 bits per heavy atom. The fourth-order valence-electron chi connectivity index (χ4n) is 4.36. The van der Waals surface area contributed by atoms with Crippen LogP contribution in [0.2, 0.25) is 0 Å². The Kier molecular flexibility index (Phi) is 4.51. The van der Waals surface area contributed by atoms with E-state index in [9.17, 15) is 10.5 Å². The van der Waals surface area contributed by atoms with Gasteiger partial charge in [0, 0.05) is 24.7 Å². The SMILES string of the molecule is CCOC1(OCC)N=C(N)[C@]2(C#N)[C@@H](c3cccc(OC)c3OC)[C@@]12C#N. The van der Waals surface area contributed by atoms with Gasteiger partial charge in [0.1, 0.15) is 11.3 Å². The van der Waals surface area contributed by atoms with E-state index in [0.29, 0.717) is 17.1 Å². The minimum atomic E-state index is -1.65. The third-order valence-electron chi connectivity index (χ3n) is 5.35. The van der Waals surface area contributed by atoms with Gasteiger partial charge < -0.3 is 24.7 Å². The third-order valence-corrected chi connectivity index (χ3v) is 5.35. The van der Waals surface area contributed by atoms with Gasteiger partial charge >= 0.3 is 0 Å². The Balaban J connectivity index is 2.28. The summed E-state index contributed by atoms with van der Waals surface area (Å²) in [5.41, 5.74) is 4.03. The highest BCUT2D eigenvalue weighted by Gasteiger charge is 2.94. The molecule has 0 bridgehead atoms. The van der Waals surface area contributed by atoms with E-state index in [1.165, 1.54) is 14.2 Å². The summed E-state index contributed by atoms with van der Waals surface area (Å²) in [5.74, 6) is -1.32. The van der Waals surface area contributed by atoms with Gasteiger partial charge in [-0.3, -0.25) is 0 Å². The van der Waals surface area contributed by atoms with Crippen molar-refractivity contribution < 1.29 is 18.9 Å². The molecule has 0 saturated heterocycles. The van der Waals surface area contributed by atoms with Crippen LogP contribution in [0.4, 0.5) is 0 Å². The molecule has 27 heavy (non-hydrogen) atoms. The van der Waals surface area contributed by atoms with Crippen LogP contribution < -0.4 is 15.2 Å². The fourth-order valence-corrected chi connectivity index (χ4v) is 4.36. The van der Waals surface area contributed by atoms with Gasteiger partial charge in [-0.15, -0.1) is 0 Å². The highest BCUT2D eigenvalue weighted by atomic mass is 16.7. The molecule has 0 aromatic heterocycles. The molecule has 0 amide bonds. The predicted octanol–water partition coefficient (Wildman–Crippen LogP) is 1.92. The van der Waals surface area contributed by atoms with Crippen LogP contribution in [0.25, 0.3) is 0 Å². The quantitative estimate of drug-likeness (QED) is 0.727. The van der Waals surface area contributed by atoms with Crippen molar-refractivity contribution in [1.29, 1.82) is 10.5 Å². The van der Waals surface area contributed by atoms with Gasteiger partial charge in [-0.25, -0.2) is 4.99 Å². The maximum atomic E-state index is 10.2. The van der Waals surface area contributed by atoms with Crippen LogP contribution in [0.3, 0.4) is 0 Å². The summed E-state index contributed by atoms with van der Waals surface area (Å²) in [4.78, 5) is 4.32. The van der Waals surface area contributed by atoms with Crippen molar-refractivity contribution >= 4 is 5.84 Å². The Morgan fingerprint density at radius 2 is 1.78 bits per heavy atom. The Morgan fingerprint density at radius 1 is 1.11 bits per heavy atom. The Hall–Kier alpha value is -2.81. The van der Waals surface area contributed by atoms with Crippen LogP contribution in [0.1, 0.15) is 25.3 Å². The minimum Gasteiger partial charge on any atom is -0.493 e. The van der Waals surface area contributed by atoms with Crippen LogP contribution in [0.15, 0.2) is 23.2 Å². The molecule has 1 heterocycles. The van der Waals surface area contributed by atoms with Gasteiger partial charge in [0.05, 0.1) is 26.4 Å². The number of fused-ring (bicyclic) bond motifs is 1. The lowest BCUT2D eigenvalue weighted by Crippen LogP contribution is -2.43. The van der Waals surface area contributed by atoms with Crippen molar-refractivity contribution in [2.24, 2.45) is 21.6 Å². The number of nitrogens with two attached hydrogens (primary N) is 1. The van der Waals surface area contributed by atoms with Gasteiger partial charge in [-0.05, 0) is 19.9 Å². The number of amidine groups is 1. The molecule has 1 saturated carbocycles. The van der Waals surface area contributed by atoms with Crippen molar-refractivity contribution in [2.45, 2.75) is 25.7 Å². The number of hydrogen-bond donors (Lipinski definition) is 1. The number of nitrogens with zero attached hydrogens (tertiary/aromatic N) is 3. The number of para-hydroxylation sites is 1. The number of nitriles is 2. The molecule has 1 aliphatic heterocycles. The Labute approximate surface area is 158 Å². The lowest BCUT2D eigenvalue weighted by Gasteiger charge is -2.32. The molecule has 3 rings (SSSR count). The molecule has 2 N–H and O–H groups in total. The molecule has 1 fully saturated rings. The molecule has 3 atom stereocenters. The van der Waals surface area contributed by atoms with Crippen LogP contribution in [0, 0.1) is 33.5 Å². The standard InChI is InChI=1S/C19H22N4O4/c1-5-26-19(27-6-2)18(11-21)15(17(18,10-20)16(22)23-19)12-8-7-9-13(24-3)14(12)25-4/h7-9,15H,5-6H2,1-4H3,(H2,22,23)/t15-,17+,18-/m1/s1. The maximum Gasteiger partial charge on any atom is 0.293 e. The van der Waals surface area contributed by atoms with E-state index in [2.05, 4.69) is 17.1 Å². The van der Waals surface area contributed by atoms with Crippen molar-refractivity contribution in [3.8, 4) is 23.6 Å².